The number of ether oxygens (including phenoxy) is 3. The number of carbonyl (C=O) groups excluding carboxylic acids is 3. The fraction of sp³-hybridized carbons (Fsp3) is 0.842. The molecule has 8 nitrogen and oxygen atoms in total. The van der Waals surface area contributed by atoms with Gasteiger partial charge in [0, 0.05) is 29.8 Å². The topological polar surface area (TPSA) is 103 Å². The third-order valence-corrected chi connectivity index (χ3v) is 6.42. The molecule has 5 rings (SSSR count). The zero-order chi connectivity index (χ0) is 21.6. The zero-order valence-electron chi connectivity index (χ0n) is 16.3. The van der Waals surface area contributed by atoms with E-state index in [9.17, 15) is 27.6 Å². The highest BCUT2D eigenvalue weighted by Gasteiger charge is 2.69. The van der Waals surface area contributed by atoms with Crippen LogP contribution in [0, 0.1) is 5.92 Å². The van der Waals surface area contributed by atoms with E-state index in [1.165, 1.54) is 0 Å². The van der Waals surface area contributed by atoms with Gasteiger partial charge in [-0.3, -0.25) is 14.3 Å². The number of carbonyl (C=O) groups is 3. The first kappa shape index (κ1) is 21.5. The average molecular weight is 434 g/mol. The molecule has 0 aliphatic heterocycles. The van der Waals surface area contributed by atoms with Crippen molar-refractivity contribution in [2.75, 3.05) is 13.2 Å². The summed E-state index contributed by atoms with van der Waals surface area (Å²) in [5.74, 6) is -0.469. The minimum Gasteiger partial charge on any atom is -0.368 e. The van der Waals surface area contributed by atoms with Gasteiger partial charge in [-0.2, -0.15) is 0 Å². The van der Waals surface area contributed by atoms with E-state index in [2.05, 4.69) is 15.4 Å². The van der Waals surface area contributed by atoms with E-state index in [4.69, 9.17) is 9.47 Å². The SMILES string of the molecule is O=CC1CC(OCC(=O)NC23CC(NC(=O)COC4CC(OC(F)(F)F)C4)(C2)C3)C1. The maximum absolute atomic E-state index is 12.1. The summed E-state index contributed by atoms with van der Waals surface area (Å²) < 4.78 is 50.9. The van der Waals surface area contributed by atoms with E-state index >= 15 is 0 Å². The smallest absolute Gasteiger partial charge is 0.368 e. The van der Waals surface area contributed by atoms with Crippen molar-refractivity contribution in [3.05, 3.63) is 0 Å². The lowest BCUT2D eigenvalue weighted by atomic mass is 9.44. The van der Waals surface area contributed by atoms with Crippen LogP contribution >= 0.6 is 0 Å². The summed E-state index contributed by atoms with van der Waals surface area (Å²) in [6.07, 6.45) is -1.61. The number of hydrogen-bond acceptors (Lipinski definition) is 6. The van der Waals surface area contributed by atoms with Crippen molar-refractivity contribution in [2.24, 2.45) is 5.92 Å². The predicted octanol–water partition coefficient (Wildman–Crippen LogP) is 0.972. The predicted molar refractivity (Wildman–Crippen MR) is 94.0 cm³/mol. The van der Waals surface area contributed by atoms with Gasteiger partial charge in [0.1, 0.15) is 19.5 Å². The number of nitrogens with one attached hydrogen (secondary N) is 2. The maximum Gasteiger partial charge on any atom is 0.522 e. The Kier molecular flexibility index (Phi) is 5.56. The Hall–Kier alpha value is -1.72. The summed E-state index contributed by atoms with van der Waals surface area (Å²) in [4.78, 5) is 34.6. The van der Waals surface area contributed by atoms with Gasteiger partial charge >= 0.3 is 6.36 Å². The third kappa shape index (κ3) is 4.78. The van der Waals surface area contributed by atoms with E-state index in [0.717, 1.165) is 6.29 Å². The Morgan fingerprint density at radius 3 is 1.77 bits per heavy atom. The lowest BCUT2D eigenvalue weighted by Gasteiger charge is -2.70. The van der Waals surface area contributed by atoms with Gasteiger partial charge in [-0.25, -0.2) is 0 Å². The molecular formula is C19H25F3N2O6. The first-order valence-corrected chi connectivity index (χ1v) is 10.1. The molecule has 5 saturated carbocycles. The number of rotatable bonds is 10. The molecule has 0 aromatic carbocycles. The molecule has 0 spiro atoms. The van der Waals surface area contributed by atoms with E-state index in [0.29, 0.717) is 32.1 Å². The lowest BCUT2D eigenvalue weighted by molar-refractivity contribution is -0.357. The molecule has 168 valence electrons. The van der Waals surface area contributed by atoms with Crippen LogP contribution in [0.5, 0.6) is 0 Å². The molecule has 2 N–H and O–H groups in total. The van der Waals surface area contributed by atoms with Crippen LogP contribution in [0.15, 0.2) is 0 Å². The number of amides is 2. The highest BCUT2D eigenvalue weighted by atomic mass is 19.4. The van der Waals surface area contributed by atoms with Gasteiger partial charge in [-0.1, -0.05) is 0 Å². The molecule has 0 saturated heterocycles. The van der Waals surface area contributed by atoms with Crippen molar-refractivity contribution in [1.82, 2.24) is 10.6 Å². The molecule has 5 fully saturated rings. The Bertz CT molecular complexity index is 683. The lowest BCUT2D eigenvalue weighted by Crippen LogP contribution is -2.84. The third-order valence-electron chi connectivity index (χ3n) is 6.42. The fourth-order valence-corrected chi connectivity index (χ4v) is 4.90. The highest BCUT2D eigenvalue weighted by molar-refractivity contribution is 5.81. The second-order valence-electron chi connectivity index (χ2n) is 9.08. The van der Waals surface area contributed by atoms with Crippen molar-refractivity contribution < 1.29 is 41.8 Å². The van der Waals surface area contributed by atoms with Crippen molar-refractivity contribution in [3.8, 4) is 0 Å². The maximum atomic E-state index is 12.1. The molecule has 5 aliphatic carbocycles. The summed E-state index contributed by atoms with van der Waals surface area (Å²) in [5, 5.41) is 5.85. The van der Waals surface area contributed by atoms with Gasteiger partial charge in [-0.05, 0) is 32.1 Å². The van der Waals surface area contributed by atoms with Crippen LogP contribution < -0.4 is 10.6 Å². The van der Waals surface area contributed by atoms with Crippen LogP contribution in [-0.2, 0) is 28.6 Å². The first-order valence-electron chi connectivity index (χ1n) is 10.1. The van der Waals surface area contributed by atoms with Crippen molar-refractivity contribution in [2.45, 2.75) is 80.7 Å². The Balaban J connectivity index is 1.06. The minimum atomic E-state index is -4.65. The number of halogens is 3. The molecule has 0 unspecified atom stereocenters. The molecule has 2 amide bonds. The number of hydrogen-bond donors (Lipinski definition) is 2. The van der Waals surface area contributed by atoms with E-state index in [-0.39, 0.29) is 61.0 Å². The molecule has 30 heavy (non-hydrogen) atoms. The average Bonchev–Trinajstić information content (AvgIpc) is 2.51. The molecule has 0 aromatic heterocycles. The summed E-state index contributed by atoms with van der Waals surface area (Å²) >= 11 is 0. The Morgan fingerprint density at radius 2 is 1.33 bits per heavy atom. The molecule has 11 heteroatoms. The van der Waals surface area contributed by atoms with E-state index < -0.39 is 18.6 Å². The molecule has 0 aromatic rings. The standard InChI is InChI=1S/C19H25F3N2O6/c20-19(21,22)30-14-3-13(4-14)29-7-16(27)24-18-8-17(9-18,10-18)23-15(26)6-28-12-1-11(2-12)5-25/h5,11-14H,1-4,6-10H2,(H,23,26)(H,24,27). The van der Waals surface area contributed by atoms with Gasteiger partial charge in [0.25, 0.3) is 0 Å². The highest BCUT2D eigenvalue weighted by Crippen LogP contribution is 2.60. The Labute approximate surface area is 171 Å². The first-order chi connectivity index (χ1) is 14.1. The summed E-state index contributed by atoms with van der Waals surface area (Å²) in [7, 11) is 0. The normalized spacial score (nSPS) is 38.9. The fourth-order valence-electron chi connectivity index (χ4n) is 4.90. The van der Waals surface area contributed by atoms with E-state index in [1.54, 1.807) is 0 Å². The minimum absolute atomic E-state index is 0.0319. The van der Waals surface area contributed by atoms with Crippen molar-refractivity contribution in [1.29, 1.82) is 0 Å². The largest absolute Gasteiger partial charge is 0.522 e. The van der Waals surface area contributed by atoms with Crippen LogP contribution in [0.1, 0.15) is 44.9 Å². The van der Waals surface area contributed by atoms with Crippen molar-refractivity contribution >= 4 is 18.1 Å². The van der Waals surface area contributed by atoms with Crippen LogP contribution in [0.4, 0.5) is 13.2 Å². The molecule has 2 bridgehead atoms. The number of alkyl halides is 3. The molecule has 5 aliphatic rings. The van der Waals surface area contributed by atoms with Gasteiger partial charge < -0.3 is 24.9 Å². The van der Waals surface area contributed by atoms with Crippen LogP contribution in [-0.4, -0.2) is 67.1 Å². The Morgan fingerprint density at radius 1 is 0.867 bits per heavy atom. The van der Waals surface area contributed by atoms with Crippen LogP contribution in [0.2, 0.25) is 0 Å². The van der Waals surface area contributed by atoms with E-state index in [1.807, 2.05) is 0 Å². The van der Waals surface area contributed by atoms with Crippen LogP contribution in [0.3, 0.4) is 0 Å². The van der Waals surface area contributed by atoms with Gasteiger partial charge in [0.2, 0.25) is 11.8 Å². The van der Waals surface area contributed by atoms with Crippen molar-refractivity contribution in [3.63, 3.8) is 0 Å². The molecule has 0 heterocycles. The summed E-state index contributed by atoms with van der Waals surface area (Å²) in [5.41, 5.74) is -0.628. The van der Waals surface area contributed by atoms with Gasteiger partial charge in [-0.15, -0.1) is 13.2 Å². The molecule has 0 radical (unpaired) electrons. The zero-order valence-corrected chi connectivity index (χ0v) is 16.3. The number of aldehydes is 1. The second-order valence-corrected chi connectivity index (χ2v) is 9.08. The molecule has 0 atom stereocenters. The molecular weight excluding hydrogens is 409 g/mol. The van der Waals surface area contributed by atoms with Gasteiger partial charge in [0.15, 0.2) is 0 Å². The summed E-state index contributed by atoms with van der Waals surface area (Å²) in [6.45, 7) is -0.243. The summed E-state index contributed by atoms with van der Waals surface area (Å²) in [6, 6.07) is 0. The quantitative estimate of drug-likeness (QED) is 0.497. The monoisotopic (exact) mass is 434 g/mol. The van der Waals surface area contributed by atoms with Crippen LogP contribution in [0.25, 0.3) is 0 Å². The van der Waals surface area contributed by atoms with Gasteiger partial charge in [0.05, 0.1) is 18.3 Å². The second kappa shape index (κ2) is 7.76.